The highest BCUT2D eigenvalue weighted by Gasteiger charge is 1.98. The second kappa shape index (κ2) is 4.28. The zero-order valence-corrected chi connectivity index (χ0v) is 9.42. The summed E-state index contributed by atoms with van der Waals surface area (Å²) in [5.74, 6) is 0. The topological polar surface area (TPSA) is 59.4 Å². The van der Waals surface area contributed by atoms with Gasteiger partial charge in [0.05, 0.1) is 35.5 Å². The Labute approximate surface area is 95.1 Å². The fourth-order valence-corrected chi connectivity index (χ4v) is 1.54. The maximum absolute atomic E-state index is 8.61. The second-order valence-electron chi connectivity index (χ2n) is 3.03. The Hall–Kier alpha value is -1.61. The number of hydrogen-bond acceptors (Lipinski definition) is 3. The fraction of sp³-hybridized carbons (Fsp3) is 0.222. The lowest BCUT2D eigenvalue weighted by molar-refractivity contribution is 0.500. The van der Waals surface area contributed by atoms with E-state index < -0.39 is 0 Å². The summed E-state index contributed by atoms with van der Waals surface area (Å²) < 4.78 is 4.51. The van der Waals surface area contributed by atoms with Gasteiger partial charge in [-0.15, -0.1) is 0 Å². The van der Waals surface area contributed by atoms with Crippen LogP contribution < -0.4 is 0 Å². The Morgan fingerprint density at radius 3 is 2.40 bits per heavy atom. The number of nitrogens with zero attached hydrogens (tertiary/aromatic N) is 5. The highest BCUT2D eigenvalue weighted by molar-refractivity contribution is 9.10. The van der Waals surface area contributed by atoms with E-state index in [0.29, 0.717) is 12.1 Å². The number of halogens is 1. The van der Waals surface area contributed by atoms with Gasteiger partial charge in [0.1, 0.15) is 6.07 Å². The predicted molar refractivity (Wildman–Crippen MR) is 56.9 cm³/mol. The summed E-state index contributed by atoms with van der Waals surface area (Å²) in [5, 5.41) is 16.8. The minimum absolute atomic E-state index is 0.580. The zero-order valence-electron chi connectivity index (χ0n) is 7.84. The van der Waals surface area contributed by atoms with Crippen molar-refractivity contribution < 1.29 is 0 Å². The molecule has 0 bridgehead atoms. The molecule has 0 unspecified atom stereocenters. The first-order valence-electron chi connectivity index (χ1n) is 4.38. The number of rotatable bonds is 3. The van der Waals surface area contributed by atoms with Gasteiger partial charge >= 0.3 is 0 Å². The van der Waals surface area contributed by atoms with Crippen LogP contribution in [0.1, 0.15) is 5.56 Å². The molecule has 0 spiro atoms. The SMILES string of the molecule is N#Cc1cnn(CCn2cc(Br)cn2)c1. The summed E-state index contributed by atoms with van der Waals surface area (Å²) in [4.78, 5) is 0. The van der Waals surface area contributed by atoms with E-state index >= 15 is 0 Å². The van der Waals surface area contributed by atoms with Gasteiger partial charge in [-0.3, -0.25) is 9.36 Å². The normalized spacial score (nSPS) is 10.1. The predicted octanol–water partition coefficient (Wildman–Crippen LogP) is 1.41. The molecule has 0 aliphatic carbocycles. The van der Waals surface area contributed by atoms with Crippen LogP contribution in [-0.4, -0.2) is 19.6 Å². The van der Waals surface area contributed by atoms with Gasteiger partial charge < -0.3 is 0 Å². The van der Waals surface area contributed by atoms with Crippen molar-refractivity contribution >= 4 is 15.9 Å². The van der Waals surface area contributed by atoms with Crippen molar-refractivity contribution in [3.63, 3.8) is 0 Å². The molecule has 0 aliphatic heterocycles. The smallest absolute Gasteiger partial charge is 0.102 e. The van der Waals surface area contributed by atoms with E-state index in [9.17, 15) is 0 Å². The van der Waals surface area contributed by atoms with Gasteiger partial charge in [-0.25, -0.2) is 0 Å². The summed E-state index contributed by atoms with van der Waals surface area (Å²) >= 11 is 3.32. The van der Waals surface area contributed by atoms with Crippen molar-refractivity contribution in [2.45, 2.75) is 13.1 Å². The van der Waals surface area contributed by atoms with Crippen LogP contribution in [0.4, 0.5) is 0 Å². The molecule has 0 N–H and O–H groups in total. The Morgan fingerprint density at radius 2 is 1.87 bits per heavy atom. The molecule has 2 heterocycles. The number of hydrogen-bond donors (Lipinski definition) is 0. The van der Waals surface area contributed by atoms with Gasteiger partial charge in [0, 0.05) is 12.4 Å². The maximum Gasteiger partial charge on any atom is 0.102 e. The number of aromatic nitrogens is 4. The highest BCUT2D eigenvalue weighted by Crippen LogP contribution is 2.06. The van der Waals surface area contributed by atoms with Gasteiger partial charge in [0.15, 0.2) is 0 Å². The lowest BCUT2D eigenvalue weighted by Gasteiger charge is -2.00. The molecule has 0 aliphatic rings. The van der Waals surface area contributed by atoms with Crippen LogP contribution in [0.5, 0.6) is 0 Å². The summed E-state index contributed by atoms with van der Waals surface area (Å²) in [7, 11) is 0. The Balaban J connectivity index is 1.96. The largest absolute Gasteiger partial charge is 0.270 e. The van der Waals surface area contributed by atoms with E-state index in [1.807, 2.05) is 16.9 Å². The molecule has 76 valence electrons. The van der Waals surface area contributed by atoms with Crippen molar-refractivity contribution in [2.75, 3.05) is 0 Å². The number of nitriles is 1. The lowest BCUT2D eigenvalue weighted by atomic mass is 10.4. The molecule has 2 aromatic rings. The minimum Gasteiger partial charge on any atom is -0.270 e. The maximum atomic E-state index is 8.61. The summed E-state index contributed by atoms with van der Waals surface area (Å²) in [6.45, 7) is 1.44. The van der Waals surface area contributed by atoms with Gasteiger partial charge in [-0.2, -0.15) is 15.5 Å². The van der Waals surface area contributed by atoms with Crippen molar-refractivity contribution in [1.82, 2.24) is 19.6 Å². The third kappa shape index (κ3) is 2.44. The lowest BCUT2D eigenvalue weighted by Crippen LogP contribution is -2.07. The molecule has 15 heavy (non-hydrogen) atoms. The number of aryl methyl sites for hydroxylation is 2. The minimum atomic E-state index is 0.580. The first-order valence-corrected chi connectivity index (χ1v) is 5.18. The monoisotopic (exact) mass is 265 g/mol. The van der Waals surface area contributed by atoms with Crippen molar-refractivity contribution in [2.24, 2.45) is 0 Å². The van der Waals surface area contributed by atoms with E-state index in [2.05, 4.69) is 26.1 Å². The zero-order chi connectivity index (χ0) is 10.7. The Bertz CT molecular complexity index is 493. The molecular formula is C9H8BrN5. The highest BCUT2D eigenvalue weighted by atomic mass is 79.9. The van der Waals surface area contributed by atoms with Gasteiger partial charge in [-0.05, 0) is 15.9 Å². The Kier molecular flexibility index (Phi) is 2.83. The first kappa shape index (κ1) is 9.93. The standard InChI is InChI=1S/C9H8BrN5/c10-9-5-13-15(7-9)2-1-14-6-8(3-11)4-12-14/h4-7H,1-2H2. The molecule has 0 atom stereocenters. The van der Waals surface area contributed by atoms with Crippen LogP contribution in [0.2, 0.25) is 0 Å². The molecule has 2 rings (SSSR count). The van der Waals surface area contributed by atoms with Crippen LogP contribution >= 0.6 is 15.9 Å². The molecule has 2 aromatic heterocycles. The molecule has 0 radical (unpaired) electrons. The van der Waals surface area contributed by atoms with Crippen molar-refractivity contribution in [1.29, 1.82) is 5.26 Å². The summed E-state index contributed by atoms with van der Waals surface area (Å²) in [6, 6.07) is 2.04. The van der Waals surface area contributed by atoms with Crippen LogP contribution in [0, 0.1) is 11.3 Å². The van der Waals surface area contributed by atoms with E-state index in [-0.39, 0.29) is 0 Å². The van der Waals surface area contributed by atoms with Gasteiger partial charge in [0.2, 0.25) is 0 Å². The van der Waals surface area contributed by atoms with E-state index in [1.54, 1.807) is 23.3 Å². The van der Waals surface area contributed by atoms with Gasteiger partial charge in [-0.1, -0.05) is 0 Å². The van der Waals surface area contributed by atoms with E-state index in [1.165, 1.54) is 0 Å². The van der Waals surface area contributed by atoms with Crippen LogP contribution in [-0.2, 0) is 13.1 Å². The van der Waals surface area contributed by atoms with Gasteiger partial charge in [0.25, 0.3) is 0 Å². The first-order chi connectivity index (χ1) is 7.28. The summed E-state index contributed by atoms with van der Waals surface area (Å²) in [5.41, 5.74) is 0.580. The molecule has 0 saturated heterocycles. The quantitative estimate of drug-likeness (QED) is 0.844. The second-order valence-corrected chi connectivity index (χ2v) is 3.94. The molecule has 5 nitrogen and oxygen atoms in total. The molecule has 0 saturated carbocycles. The molecule has 0 fully saturated rings. The third-order valence-electron chi connectivity index (χ3n) is 1.92. The van der Waals surface area contributed by atoms with Crippen LogP contribution in [0.25, 0.3) is 0 Å². The molecule has 0 amide bonds. The Morgan fingerprint density at radius 1 is 1.20 bits per heavy atom. The average molecular weight is 266 g/mol. The molecular weight excluding hydrogens is 258 g/mol. The third-order valence-corrected chi connectivity index (χ3v) is 2.33. The fourth-order valence-electron chi connectivity index (χ4n) is 1.21. The van der Waals surface area contributed by atoms with E-state index in [4.69, 9.17) is 5.26 Å². The molecule has 0 aromatic carbocycles. The van der Waals surface area contributed by atoms with Crippen LogP contribution in [0.15, 0.2) is 29.3 Å². The molecule has 6 heteroatoms. The summed E-state index contributed by atoms with van der Waals surface area (Å²) in [6.07, 6.45) is 6.91. The van der Waals surface area contributed by atoms with Crippen molar-refractivity contribution in [3.05, 3.63) is 34.8 Å². The van der Waals surface area contributed by atoms with Crippen molar-refractivity contribution in [3.8, 4) is 6.07 Å². The van der Waals surface area contributed by atoms with E-state index in [0.717, 1.165) is 11.0 Å². The van der Waals surface area contributed by atoms with Crippen LogP contribution in [0.3, 0.4) is 0 Å². The average Bonchev–Trinajstić information content (AvgIpc) is 2.83.